The summed E-state index contributed by atoms with van der Waals surface area (Å²) in [6.45, 7) is 3.83. The van der Waals surface area contributed by atoms with E-state index in [2.05, 4.69) is 31.3 Å². The van der Waals surface area contributed by atoms with Crippen molar-refractivity contribution in [3.8, 4) is 0 Å². The number of aromatic nitrogens is 3. The van der Waals surface area contributed by atoms with E-state index in [1.807, 2.05) is 13.0 Å². The van der Waals surface area contributed by atoms with Crippen molar-refractivity contribution in [3.05, 3.63) is 63.6 Å². The van der Waals surface area contributed by atoms with Crippen molar-refractivity contribution in [2.75, 3.05) is 13.7 Å². The second-order valence-corrected chi connectivity index (χ2v) is 8.20. The molecular formula is C23H23BrN4O5. The standard InChI is InChI=1S/C23H23BrN4O5/c1-4-33-23(31)17-11-25-28-13(10-24)9-19(26-20(17)28)21(29)27-18-8-7-14-12(2)15(22(30)32-3)5-6-16(14)18/h5-6,9,11,18H,4,7-8,10H2,1-3H3,(H,27,29)/t18-/m1/s1. The van der Waals surface area contributed by atoms with Gasteiger partial charge in [0.2, 0.25) is 0 Å². The van der Waals surface area contributed by atoms with Gasteiger partial charge in [-0.2, -0.15) is 5.10 Å². The molecule has 0 saturated heterocycles. The van der Waals surface area contributed by atoms with Crippen molar-refractivity contribution in [3.63, 3.8) is 0 Å². The molecule has 172 valence electrons. The third-order valence-corrected chi connectivity index (χ3v) is 6.39. The molecule has 0 fully saturated rings. The molecule has 3 aromatic rings. The highest BCUT2D eigenvalue weighted by atomic mass is 79.9. The normalized spacial score (nSPS) is 14.7. The summed E-state index contributed by atoms with van der Waals surface area (Å²) in [5.41, 5.74) is 4.75. The van der Waals surface area contributed by atoms with E-state index in [4.69, 9.17) is 9.47 Å². The van der Waals surface area contributed by atoms with Crippen LogP contribution in [0.5, 0.6) is 0 Å². The maximum atomic E-state index is 13.1. The summed E-state index contributed by atoms with van der Waals surface area (Å²) in [5, 5.41) is 7.68. The molecule has 9 nitrogen and oxygen atoms in total. The summed E-state index contributed by atoms with van der Waals surface area (Å²) >= 11 is 3.41. The Balaban J connectivity index is 1.64. The van der Waals surface area contributed by atoms with Crippen molar-refractivity contribution < 1.29 is 23.9 Å². The zero-order chi connectivity index (χ0) is 23.7. The molecule has 2 aromatic heterocycles. The average Bonchev–Trinajstić information content (AvgIpc) is 3.43. The lowest BCUT2D eigenvalue weighted by Gasteiger charge is -2.16. The van der Waals surface area contributed by atoms with Crippen LogP contribution >= 0.6 is 15.9 Å². The summed E-state index contributed by atoms with van der Waals surface area (Å²) < 4.78 is 11.5. The van der Waals surface area contributed by atoms with Crippen LogP contribution in [0.25, 0.3) is 5.65 Å². The number of hydrogen-bond acceptors (Lipinski definition) is 7. The Bertz CT molecular complexity index is 1270. The van der Waals surface area contributed by atoms with Gasteiger partial charge in [0.05, 0.1) is 37.2 Å². The Morgan fingerprint density at radius 1 is 1.24 bits per heavy atom. The van der Waals surface area contributed by atoms with E-state index in [9.17, 15) is 14.4 Å². The fraction of sp³-hybridized carbons (Fsp3) is 0.348. The van der Waals surface area contributed by atoms with Crippen molar-refractivity contribution in [2.45, 2.75) is 38.1 Å². The Morgan fingerprint density at radius 2 is 2.03 bits per heavy atom. The minimum absolute atomic E-state index is 0.180. The van der Waals surface area contributed by atoms with Gasteiger partial charge < -0.3 is 14.8 Å². The van der Waals surface area contributed by atoms with Crippen LogP contribution in [-0.4, -0.2) is 46.2 Å². The number of alkyl halides is 1. The molecule has 33 heavy (non-hydrogen) atoms. The minimum Gasteiger partial charge on any atom is -0.465 e. The van der Waals surface area contributed by atoms with Gasteiger partial charge in [-0.3, -0.25) is 4.79 Å². The highest BCUT2D eigenvalue weighted by molar-refractivity contribution is 9.08. The van der Waals surface area contributed by atoms with Gasteiger partial charge in [-0.1, -0.05) is 22.0 Å². The first-order chi connectivity index (χ1) is 15.9. The number of benzene rings is 1. The number of nitrogens with one attached hydrogen (secondary N) is 1. The van der Waals surface area contributed by atoms with Gasteiger partial charge in [0.15, 0.2) is 5.65 Å². The number of fused-ring (bicyclic) bond motifs is 2. The third-order valence-electron chi connectivity index (χ3n) is 5.81. The highest BCUT2D eigenvalue weighted by Crippen LogP contribution is 2.35. The number of hydrogen-bond donors (Lipinski definition) is 1. The molecule has 1 aliphatic rings. The number of carbonyl (C=O) groups excluding carboxylic acids is 3. The second kappa shape index (κ2) is 9.30. The Morgan fingerprint density at radius 3 is 2.73 bits per heavy atom. The molecular weight excluding hydrogens is 492 g/mol. The minimum atomic E-state index is -0.542. The van der Waals surface area contributed by atoms with Crippen LogP contribution in [0.4, 0.5) is 0 Å². The fourth-order valence-electron chi connectivity index (χ4n) is 4.18. The van der Waals surface area contributed by atoms with E-state index >= 15 is 0 Å². The average molecular weight is 515 g/mol. The number of rotatable bonds is 6. The van der Waals surface area contributed by atoms with Crippen LogP contribution in [0, 0.1) is 6.92 Å². The summed E-state index contributed by atoms with van der Waals surface area (Å²) in [4.78, 5) is 41.8. The van der Waals surface area contributed by atoms with Crippen LogP contribution in [0.3, 0.4) is 0 Å². The van der Waals surface area contributed by atoms with E-state index in [0.29, 0.717) is 23.0 Å². The van der Waals surface area contributed by atoms with E-state index in [1.165, 1.54) is 17.8 Å². The number of ether oxygens (including phenoxy) is 2. The SMILES string of the molecule is CCOC(=O)c1cnn2c(CBr)cc(C(=O)N[C@@H]3CCc4c3ccc(C(=O)OC)c4C)nc12. The molecule has 1 atom stereocenters. The van der Waals surface area contributed by atoms with Gasteiger partial charge >= 0.3 is 11.9 Å². The Hall–Kier alpha value is -3.27. The van der Waals surface area contributed by atoms with Crippen molar-refractivity contribution in [1.82, 2.24) is 19.9 Å². The molecule has 2 heterocycles. The molecule has 1 aliphatic carbocycles. The number of carbonyl (C=O) groups is 3. The summed E-state index contributed by atoms with van der Waals surface area (Å²) in [6.07, 6.45) is 2.84. The lowest BCUT2D eigenvalue weighted by atomic mass is 9.98. The third kappa shape index (κ3) is 4.10. The number of nitrogens with zero attached hydrogens (tertiary/aromatic N) is 3. The quantitative estimate of drug-likeness (QED) is 0.396. The zero-order valence-corrected chi connectivity index (χ0v) is 20.1. The maximum Gasteiger partial charge on any atom is 0.343 e. The number of methoxy groups -OCH3 is 1. The topological polar surface area (TPSA) is 112 Å². The van der Waals surface area contributed by atoms with E-state index in [0.717, 1.165) is 23.1 Å². The van der Waals surface area contributed by atoms with Crippen LogP contribution in [0.1, 0.15) is 73.0 Å². The molecule has 0 spiro atoms. The first-order valence-electron chi connectivity index (χ1n) is 10.5. The van der Waals surface area contributed by atoms with E-state index in [1.54, 1.807) is 19.1 Å². The Labute approximate surface area is 198 Å². The largest absolute Gasteiger partial charge is 0.465 e. The second-order valence-electron chi connectivity index (χ2n) is 7.64. The fourth-order valence-corrected chi connectivity index (χ4v) is 4.58. The molecule has 0 aliphatic heterocycles. The molecule has 1 N–H and O–H groups in total. The van der Waals surface area contributed by atoms with Gasteiger partial charge in [0.1, 0.15) is 11.3 Å². The molecule has 4 rings (SSSR count). The van der Waals surface area contributed by atoms with Gasteiger partial charge in [-0.25, -0.2) is 19.1 Å². The summed E-state index contributed by atoms with van der Waals surface area (Å²) in [7, 11) is 1.36. The van der Waals surface area contributed by atoms with Crippen LogP contribution in [-0.2, 0) is 21.2 Å². The lowest BCUT2D eigenvalue weighted by Crippen LogP contribution is -2.28. The highest BCUT2D eigenvalue weighted by Gasteiger charge is 2.29. The lowest BCUT2D eigenvalue weighted by molar-refractivity contribution is 0.0527. The zero-order valence-electron chi connectivity index (χ0n) is 18.5. The van der Waals surface area contributed by atoms with E-state index < -0.39 is 5.97 Å². The molecule has 1 amide bonds. The summed E-state index contributed by atoms with van der Waals surface area (Å²) in [6, 6.07) is 5.02. The maximum absolute atomic E-state index is 13.1. The molecule has 0 bridgehead atoms. The van der Waals surface area contributed by atoms with Crippen molar-refractivity contribution in [2.24, 2.45) is 0 Å². The number of halogens is 1. The van der Waals surface area contributed by atoms with Gasteiger partial charge in [-0.05, 0) is 55.5 Å². The molecule has 0 radical (unpaired) electrons. The molecule has 1 aromatic carbocycles. The van der Waals surface area contributed by atoms with Crippen LogP contribution < -0.4 is 5.32 Å². The number of amides is 1. The van der Waals surface area contributed by atoms with Crippen LogP contribution in [0.2, 0.25) is 0 Å². The number of esters is 2. The molecule has 0 saturated carbocycles. The predicted molar refractivity (Wildman–Crippen MR) is 123 cm³/mol. The predicted octanol–water partition coefficient (Wildman–Crippen LogP) is 3.31. The first-order valence-corrected chi connectivity index (χ1v) is 11.6. The van der Waals surface area contributed by atoms with Crippen LogP contribution in [0.15, 0.2) is 24.4 Å². The molecule has 0 unspecified atom stereocenters. The summed E-state index contributed by atoms with van der Waals surface area (Å²) in [5.74, 6) is -1.27. The van der Waals surface area contributed by atoms with Gasteiger partial charge in [-0.15, -0.1) is 0 Å². The Kier molecular flexibility index (Phi) is 6.46. The first kappa shape index (κ1) is 22.9. The van der Waals surface area contributed by atoms with E-state index in [-0.39, 0.29) is 41.4 Å². The van der Waals surface area contributed by atoms with Gasteiger partial charge in [0.25, 0.3) is 5.91 Å². The van der Waals surface area contributed by atoms with Crippen molar-refractivity contribution >= 4 is 39.4 Å². The molecule has 10 heteroatoms. The smallest absolute Gasteiger partial charge is 0.343 e. The monoisotopic (exact) mass is 514 g/mol. The van der Waals surface area contributed by atoms with Gasteiger partial charge in [0, 0.05) is 5.33 Å². The van der Waals surface area contributed by atoms with Crippen molar-refractivity contribution in [1.29, 1.82) is 0 Å².